The molecule has 0 bridgehead atoms. The number of nitrogens with zero attached hydrogens (tertiary/aromatic N) is 5. The Kier molecular flexibility index (Phi) is 7.47. The zero-order valence-electron chi connectivity index (χ0n) is 20.8. The predicted octanol–water partition coefficient (Wildman–Crippen LogP) is 3.00. The van der Waals surface area contributed by atoms with Crippen LogP contribution < -0.4 is 16.2 Å². The number of alkyl halides is 2. The van der Waals surface area contributed by atoms with E-state index in [-0.39, 0.29) is 39.9 Å². The number of aromatic amines is 1. The second kappa shape index (κ2) is 10.8. The van der Waals surface area contributed by atoms with Gasteiger partial charge in [-0.1, -0.05) is 11.6 Å². The summed E-state index contributed by atoms with van der Waals surface area (Å²) in [6.07, 6.45) is 3.35. The van der Waals surface area contributed by atoms with Gasteiger partial charge in [-0.15, -0.1) is 5.10 Å². The lowest BCUT2D eigenvalue weighted by Crippen LogP contribution is -2.50. The van der Waals surface area contributed by atoms with Crippen molar-refractivity contribution >= 4 is 29.1 Å². The minimum atomic E-state index is -2.72. The van der Waals surface area contributed by atoms with Gasteiger partial charge in [0.1, 0.15) is 29.1 Å². The quantitative estimate of drug-likeness (QED) is 0.326. The molecule has 3 heterocycles. The fraction of sp³-hybridized carbons (Fsp3) is 0.500. The Morgan fingerprint density at radius 3 is 2.56 bits per heavy atom. The molecule has 2 saturated carbocycles. The number of H-pyrrole nitrogens is 1. The summed E-state index contributed by atoms with van der Waals surface area (Å²) in [5.74, 6) is -2.11. The first-order valence-corrected chi connectivity index (χ1v) is 12.9. The molecule has 15 heteroatoms. The highest BCUT2D eigenvalue weighted by atomic mass is 35.5. The predicted molar refractivity (Wildman–Crippen MR) is 133 cm³/mol. The third-order valence-corrected chi connectivity index (χ3v) is 7.33. The lowest BCUT2D eigenvalue weighted by atomic mass is 9.88. The van der Waals surface area contributed by atoms with E-state index in [1.807, 2.05) is 0 Å². The molecule has 208 valence electrons. The maximum absolute atomic E-state index is 14.9. The Labute approximate surface area is 225 Å². The van der Waals surface area contributed by atoms with Crippen LogP contribution in [0.1, 0.15) is 54.7 Å². The maximum Gasteiger partial charge on any atom is 0.270 e. The van der Waals surface area contributed by atoms with Gasteiger partial charge in [-0.05, 0) is 62.5 Å². The van der Waals surface area contributed by atoms with Crippen LogP contribution in [0.4, 0.5) is 18.9 Å². The van der Waals surface area contributed by atoms with Crippen molar-refractivity contribution in [3.63, 3.8) is 0 Å². The maximum atomic E-state index is 14.9. The number of hydrogen-bond acceptors (Lipinski definition) is 6. The Bertz CT molecular complexity index is 1420. The molecule has 11 nitrogen and oxygen atoms in total. The van der Waals surface area contributed by atoms with E-state index in [1.54, 1.807) is 6.92 Å². The zero-order valence-corrected chi connectivity index (χ0v) is 21.5. The minimum absolute atomic E-state index is 0.0391. The van der Waals surface area contributed by atoms with Gasteiger partial charge in [0.2, 0.25) is 5.91 Å². The Morgan fingerprint density at radius 2 is 1.92 bits per heavy atom. The average Bonchev–Trinajstić information content (AvgIpc) is 3.82. The summed E-state index contributed by atoms with van der Waals surface area (Å²) in [7, 11) is 0. The van der Waals surface area contributed by atoms with Crippen LogP contribution >= 0.6 is 11.6 Å². The summed E-state index contributed by atoms with van der Waals surface area (Å²) in [6.45, 7) is 0.829. The first kappa shape index (κ1) is 26.9. The van der Waals surface area contributed by atoms with E-state index in [9.17, 15) is 27.6 Å². The summed E-state index contributed by atoms with van der Waals surface area (Å²) in [5, 5.41) is 18.7. The molecule has 3 aromatic rings. The van der Waals surface area contributed by atoms with E-state index < -0.39 is 48.4 Å². The standard InChI is InChI=1S/C24H26ClF3N8O3/c1-11(14-8-17(25)32-33-22(14)37)35-9-15(21(28)34-35)30-24(39)20(19(12-2-3-12)13-4-5-13)31-23(38)16-6-7-29-36(16)10-18(26)27/h6-9,11-13,18-20H,2-5,10H2,1H3,(H,30,39)(H,31,38)(H,33,37)/t11-,20-/m0/s1. The molecule has 0 spiro atoms. The monoisotopic (exact) mass is 566 g/mol. The van der Waals surface area contributed by atoms with E-state index in [0.717, 1.165) is 30.4 Å². The molecule has 0 saturated heterocycles. The lowest BCUT2D eigenvalue weighted by Gasteiger charge is -2.27. The van der Waals surface area contributed by atoms with Crippen LogP contribution in [-0.2, 0) is 11.3 Å². The molecule has 2 atom stereocenters. The SMILES string of the molecule is C[C@@H](c1cc(Cl)n[nH]c1=O)n1cc(NC(=O)[C@@H](NC(=O)c2ccnn2CC(F)F)C(C2CC2)C2CC2)c(F)n1. The molecule has 0 aromatic carbocycles. The molecule has 2 aliphatic rings. The molecule has 39 heavy (non-hydrogen) atoms. The highest BCUT2D eigenvalue weighted by molar-refractivity contribution is 6.29. The molecule has 2 amide bonds. The number of hydrogen-bond donors (Lipinski definition) is 3. The molecule has 5 rings (SSSR count). The van der Waals surface area contributed by atoms with Gasteiger partial charge in [-0.25, -0.2) is 13.9 Å². The first-order valence-electron chi connectivity index (χ1n) is 12.5. The summed E-state index contributed by atoms with van der Waals surface area (Å²) in [5.41, 5.74) is -0.689. The van der Waals surface area contributed by atoms with Gasteiger partial charge in [0.15, 0.2) is 0 Å². The Morgan fingerprint density at radius 1 is 1.23 bits per heavy atom. The third-order valence-electron chi connectivity index (χ3n) is 7.14. The van der Waals surface area contributed by atoms with E-state index in [1.165, 1.54) is 29.2 Å². The number of rotatable bonds is 11. The Hall–Kier alpha value is -3.68. The van der Waals surface area contributed by atoms with Gasteiger partial charge >= 0.3 is 0 Å². The van der Waals surface area contributed by atoms with E-state index in [2.05, 4.69) is 31.0 Å². The van der Waals surface area contributed by atoms with Crippen molar-refractivity contribution in [1.82, 2.24) is 35.1 Å². The fourth-order valence-corrected chi connectivity index (χ4v) is 5.11. The smallest absolute Gasteiger partial charge is 0.270 e. The van der Waals surface area contributed by atoms with Crippen molar-refractivity contribution < 1.29 is 22.8 Å². The number of carbonyl (C=O) groups is 2. The van der Waals surface area contributed by atoms with Crippen molar-refractivity contribution in [2.24, 2.45) is 17.8 Å². The number of nitrogens with one attached hydrogen (secondary N) is 3. The van der Waals surface area contributed by atoms with Crippen molar-refractivity contribution in [3.8, 4) is 0 Å². The fourth-order valence-electron chi connectivity index (χ4n) is 4.96. The van der Waals surface area contributed by atoms with Gasteiger partial charge in [0, 0.05) is 11.8 Å². The van der Waals surface area contributed by atoms with Crippen LogP contribution in [0, 0.1) is 23.7 Å². The summed E-state index contributed by atoms with van der Waals surface area (Å²) < 4.78 is 42.8. The second-order valence-corrected chi connectivity index (χ2v) is 10.3. The van der Waals surface area contributed by atoms with Crippen LogP contribution in [0.15, 0.2) is 29.3 Å². The number of carbonyl (C=O) groups excluding carboxylic acids is 2. The van der Waals surface area contributed by atoms with Gasteiger partial charge in [-0.2, -0.15) is 14.6 Å². The van der Waals surface area contributed by atoms with E-state index in [0.29, 0.717) is 0 Å². The summed E-state index contributed by atoms with van der Waals surface area (Å²) in [6, 6.07) is 0.858. The highest BCUT2D eigenvalue weighted by Crippen LogP contribution is 2.51. The van der Waals surface area contributed by atoms with Gasteiger partial charge in [0.25, 0.3) is 23.8 Å². The molecule has 2 aliphatic carbocycles. The molecule has 0 unspecified atom stereocenters. The molecular weight excluding hydrogens is 541 g/mol. The molecule has 0 radical (unpaired) electrons. The molecule has 3 aromatic heterocycles. The zero-order chi connectivity index (χ0) is 27.8. The van der Waals surface area contributed by atoms with Crippen molar-refractivity contribution in [1.29, 1.82) is 0 Å². The summed E-state index contributed by atoms with van der Waals surface area (Å²) >= 11 is 5.87. The summed E-state index contributed by atoms with van der Waals surface area (Å²) in [4.78, 5) is 38.8. The van der Waals surface area contributed by atoms with Crippen molar-refractivity contribution in [3.05, 3.63) is 57.2 Å². The normalized spacial score (nSPS) is 16.9. The van der Waals surface area contributed by atoms with Crippen LogP contribution in [0.5, 0.6) is 0 Å². The van der Waals surface area contributed by atoms with Crippen LogP contribution in [-0.4, -0.2) is 54.0 Å². The molecule has 0 aliphatic heterocycles. The molecule has 3 N–H and O–H groups in total. The average molecular weight is 567 g/mol. The topological polar surface area (TPSA) is 140 Å². The van der Waals surface area contributed by atoms with Crippen LogP contribution in [0.25, 0.3) is 0 Å². The van der Waals surface area contributed by atoms with Crippen molar-refractivity contribution in [2.75, 3.05) is 5.32 Å². The number of amides is 2. The highest BCUT2D eigenvalue weighted by Gasteiger charge is 2.48. The van der Waals surface area contributed by atoms with E-state index >= 15 is 0 Å². The van der Waals surface area contributed by atoms with E-state index in [4.69, 9.17) is 11.6 Å². The lowest BCUT2D eigenvalue weighted by molar-refractivity contribution is -0.119. The third kappa shape index (κ3) is 6.00. The van der Waals surface area contributed by atoms with Crippen LogP contribution in [0.3, 0.4) is 0 Å². The number of aromatic nitrogens is 6. The number of halogens is 4. The first-order chi connectivity index (χ1) is 18.6. The largest absolute Gasteiger partial charge is 0.339 e. The second-order valence-electron chi connectivity index (χ2n) is 9.95. The minimum Gasteiger partial charge on any atom is -0.339 e. The molecule has 2 fully saturated rings. The van der Waals surface area contributed by atoms with Crippen LogP contribution in [0.2, 0.25) is 5.15 Å². The van der Waals surface area contributed by atoms with Gasteiger partial charge in [0.05, 0.1) is 12.2 Å². The van der Waals surface area contributed by atoms with Gasteiger partial charge in [-0.3, -0.25) is 23.7 Å². The Balaban J connectivity index is 1.38. The van der Waals surface area contributed by atoms with Gasteiger partial charge < -0.3 is 10.6 Å². The number of anilines is 1. The molecular formula is C24H26ClF3N8O3. The van der Waals surface area contributed by atoms with Crippen molar-refractivity contribution in [2.45, 2.75) is 57.7 Å².